The molecule has 0 saturated carbocycles. The number of benzene rings is 1. The first-order chi connectivity index (χ1) is 6.20. The van der Waals surface area contributed by atoms with Gasteiger partial charge in [-0.2, -0.15) is 0 Å². The predicted octanol–water partition coefficient (Wildman–Crippen LogP) is 2.56. The summed E-state index contributed by atoms with van der Waals surface area (Å²) in [5.74, 6) is 0.263. The van der Waals surface area contributed by atoms with Crippen molar-refractivity contribution in [1.82, 2.24) is 4.98 Å². The topological polar surface area (TPSA) is 33.1 Å². The van der Waals surface area contributed by atoms with E-state index in [9.17, 15) is 5.11 Å². The number of phenols is 1. The van der Waals surface area contributed by atoms with Gasteiger partial charge in [-0.15, -0.1) is 0 Å². The minimum absolute atomic E-state index is 0.263. The van der Waals surface area contributed by atoms with Crippen molar-refractivity contribution in [2.75, 3.05) is 0 Å². The zero-order valence-corrected chi connectivity index (χ0v) is 7.70. The molecule has 0 radical (unpaired) electrons. The third-order valence-corrected chi connectivity index (χ3v) is 2.40. The Kier molecular flexibility index (Phi) is 1.69. The normalized spacial score (nSPS) is 10.6. The van der Waals surface area contributed by atoms with Crippen LogP contribution in [0.25, 0.3) is 10.9 Å². The number of rotatable bonds is 0. The zero-order chi connectivity index (χ0) is 9.42. The maximum Gasteiger partial charge on any atom is 0.142 e. The molecule has 1 aromatic heterocycles. The van der Waals surface area contributed by atoms with Crippen molar-refractivity contribution in [1.29, 1.82) is 0 Å². The number of fused-ring (bicyclic) bond motifs is 1. The second-order valence-electron chi connectivity index (χ2n) is 3.24. The third-order valence-electron chi connectivity index (χ3n) is 2.40. The molecule has 0 atom stereocenters. The van der Waals surface area contributed by atoms with E-state index in [1.165, 1.54) is 5.56 Å². The molecule has 1 N–H and O–H groups in total. The molecule has 1 heterocycles. The van der Waals surface area contributed by atoms with Gasteiger partial charge in [0.2, 0.25) is 0 Å². The molecule has 66 valence electrons. The fourth-order valence-corrected chi connectivity index (χ4v) is 1.51. The van der Waals surface area contributed by atoms with Gasteiger partial charge in [0, 0.05) is 11.6 Å². The monoisotopic (exact) mass is 173 g/mol. The van der Waals surface area contributed by atoms with Crippen LogP contribution in [0.15, 0.2) is 24.4 Å². The van der Waals surface area contributed by atoms with Crippen molar-refractivity contribution in [3.8, 4) is 5.75 Å². The number of aromatic nitrogens is 1. The van der Waals surface area contributed by atoms with Gasteiger partial charge >= 0.3 is 0 Å². The first-order valence-corrected chi connectivity index (χ1v) is 4.24. The summed E-state index contributed by atoms with van der Waals surface area (Å²) < 4.78 is 0. The molecule has 0 aliphatic heterocycles. The van der Waals surface area contributed by atoms with E-state index in [4.69, 9.17) is 0 Å². The molecule has 13 heavy (non-hydrogen) atoms. The number of hydrogen-bond acceptors (Lipinski definition) is 2. The van der Waals surface area contributed by atoms with Crippen molar-refractivity contribution in [2.45, 2.75) is 13.8 Å². The number of aromatic hydroxyl groups is 1. The summed E-state index contributed by atoms with van der Waals surface area (Å²) >= 11 is 0. The van der Waals surface area contributed by atoms with Gasteiger partial charge < -0.3 is 5.11 Å². The summed E-state index contributed by atoms with van der Waals surface area (Å²) in [6.45, 7) is 4.03. The van der Waals surface area contributed by atoms with Crippen LogP contribution in [-0.2, 0) is 0 Å². The number of nitrogens with zero attached hydrogens (tertiary/aromatic N) is 1. The molecule has 0 bridgehead atoms. The lowest BCUT2D eigenvalue weighted by molar-refractivity contribution is 0.480. The number of hydrogen-bond donors (Lipinski definition) is 1. The molecule has 0 saturated heterocycles. The highest BCUT2D eigenvalue weighted by molar-refractivity contribution is 5.88. The summed E-state index contributed by atoms with van der Waals surface area (Å²) in [6, 6.07) is 5.61. The van der Waals surface area contributed by atoms with Crippen molar-refractivity contribution in [3.05, 3.63) is 35.5 Å². The van der Waals surface area contributed by atoms with Gasteiger partial charge in [-0.25, -0.2) is 0 Å². The lowest BCUT2D eigenvalue weighted by atomic mass is 10.0. The van der Waals surface area contributed by atoms with Crippen LogP contribution in [-0.4, -0.2) is 10.1 Å². The first kappa shape index (κ1) is 8.05. The Hall–Kier alpha value is -1.57. The van der Waals surface area contributed by atoms with Crippen LogP contribution in [0.2, 0.25) is 0 Å². The number of pyridine rings is 1. The van der Waals surface area contributed by atoms with Gasteiger partial charge in [0.15, 0.2) is 0 Å². The van der Waals surface area contributed by atoms with Crippen LogP contribution in [0, 0.1) is 13.8 Å². The lowest BCUT2D eigenvalue weighted by Crippen LogP contribution is -1.86. The van der Waals surface area contributed by atoms with Gasteiger partial charge in [-0.3, -0.25) is 4.98 Å². The Balaban J connectivity index is 2.97. The molecule has 2 aromatic rings. The summed E-state index contributed by atoms with van der Waals surface area (Å²) in [5.41, 5.74) is 2.96. The van der Waals surface area contributed by atoms with E-state index >= 15 is 0 Å². The first-order valence-electron chi connectivity index (χ1n) is 4.24. The molecular weight excluding hydrogens is 162 g/mol. The highest BCUT2D eigenvalue weighted by Gasteiger charge is 2.05. The van der Waals surface area contributed by atoms with Crippen LogP contribution < -0.4 is 0 Å². The van der Waals surface area contributed by atoms with E-state index in [2.05, 4.69) is 4.98 Å². The van der Waals surface area contributed by atoms with Crippen molar-refractivity contribution >= 4 is 10.9 Å². The molecule has 0 amide bonds. The van der Waals surface area contributed by atoms with Gasteiger partial charge in [-0.1, -0.05) is 6.07 Å². The van der Waals surface area contributed by atoms with Gasteiger partial charge in [0.05, 0.1) is 0 Å². The Bertz CT molecular complexity index is 463. The molecule has 2 rings (SSSR count). The largest absolute Gasteiger partial charge is 0.506 e. The molecule has 0 fully saturated rings. The summed E-state index contributed by atoms with van der Waals surface area (Å²) in [6.07, 6.45) is 1.69. The molecule has 0 aliphatic rings. The second-order valence-corrected chi connectivity index (χ2v) is 3.24. The predicted molar refractivity (Wildman–Crippen MR) is 52.9 cm³/mol. The maximum atomic E-state index is 9.61. The average Bonchev–Trinajstić information content (AvgIpc) is 2.15. The molecule has 0 spiro atoms. The smallest absolute Gasteiger partial charge is 0.142 e. The van der Waals surface area contributed by atoms with E-state index in [1.54, 1.807) is 12.3 Å². The van der Waals surface area contributed by atoms with Crippen LogP contribution in [0.3, 0.4) is 0 Å². The van der Waals surface area contributed by atoms with Crippen molar-refractivity contribution < 1.29 is 5.11 Å². The molecular formula is C11H11NO. The lowest BCUT2D eigenvalue weighted by Gasteiger charge is -2.06. The minimum Gasteiger partial charge on any atom is -0.506 e. The molecule has 1 aromatic carbocycles. The fraction of sp³-hybridized carbons (Fsp3) is 0.182. The van der Waals surface area contributed by atoms with Crippen molar-refractivity contribution in [2.24, 2.45) is 0 Å². The standard InChI is InChI=1S/C11H11NO/c1-7-6-10(13)11-9(8(7)2)4-3-5-12-11/h3-6,13H,1-2H3. The molecule has 2 nitrogen and oxygen atoms in total. The number of aryl methyl sites for hydroxylation is 2. The van der Waals surface area contributed by atoms with Gasteiger partial charge in [-0.05, 0) is 37.1 Å². The van der Waals surface area contributed by atoms with E-state index in [0.29, 0.717) is 5.52 Å². The quantitative estimate of drug-likeness (QED) is 0.664. The summed E-state index contributed by atoms with van der Waals surface area (Å²) in [7, 11) is 0. The van der Waals surface area contributed by atoms with E-state index in [-0.39, 0.29) is 5.75 Å². The highest BCUT2D eigenvalue weighted by Crippen LogP contribution is 2.27. The fourth-order valence-electron chi connectivity index (χ4n) is 1.51. The Morgan fingerprint density at radius 1 is 1.31 bits per heavy atom. The van der Waals surface area contributed by atoms with Crippen LogP contribution in [0.4, 0.5) is 0 Å². The van der Waals surface area contributed by atoms with Crippen LogP contribution >= 0.6 is 0 Å². The SMILES string of the molecule is Cc1cc(O)c2ncccc2c1C. The molecule has 2 heteroatoms. The van der Waals surface area contributed by atoms with E-state index in [1.807, 2.05) is 26.0 Å². The van der Waals surface area contributed by atoms with Crippen molar-refractivity contribution in [3.63, 3.8) is 0 Å². The number of phenolic OH excluding ortho intramolecular Hbond substituents is 1. The molecule has 0 aliphatic carbocycles. The Labute approximate surface area is 76.9 Å². The summed E-state index contributed by atoms with van der Waals surface area (Å²) in [4.78, 5) is 4.13. The minimum atomic E-state index is 0.263. The Morgan fingerprint density at radius 3 is 2.85 bits per heavy atom. The zero-order valence-electron chi connectivity index (χ0n) is 7.70. The molecule has 0 unspecified atom stereocenters. The van der Waals surface area contributed by atoms with E-state index < -0.39 is 0 Å². The van der Waals surface area contributed by atoms with Gasteiger partial charge in [0.25, 0.3) is 0 Å². The average molecular weight is 173 g/mol. The maximum absolute atomic E-state index is 9.61. The third kappa shape index (κ3) is 1.15. The van der Waals surface area contributed by atoms with Crippen LogP contribution in [0.5, 0.6) is 5.75 Å². The highest BCUT2D eigenvalue weighted by atomic mass is 16.3. The van der Waals surface area contributed by atoms with Gasteiger partial charge in [0.1, 0.15) is 11.3 Å². The van der Waals surface area contributed by atoms with Crippen LogP contribution in [0.1, 0.15) is 11.1 Å². The summed E-state index contributed by atoms with van der Waals surface area (Å²) in [5, 5.41) is 10.6. The second kappa shape index (κ2) is 2.73. The van der Waals surface area contributed by atoms with E-state index in [0.717, 1.165) is 10.9 Å². The Morgan fingerprint density at radius 2 is 2.08 bits per heavy atom.